The zero-order chi connectivity index (χ0) is 14.0. The third-order valence-corrected chi connectivity index (χ3v) is 4.70. The van der Waals surface area contributed by atoms with Crippen LogP contribution in [0, 0.1) is 11.7 Å². The molecule has 0 spiro atoms. The minimum atomic E-state index is -0.890. The van der Waals surface area contributed by atoms with Gasteiger partial charge in [0.2, 0.25) is 0 Å². The Bertz CT molecular complexity index is 597. The molecule has 2 atom stereocenters. The Labute approximate surface area is 123 Å². The maximum absolute atomic E-state index is 13.4. The Hall–Kier alpha value is -1.20. The quantitative estimate of drug-likeness (QED) is 0.887. The van der Waals surface area contributed by atoms with E-state index in [1.54, 1.807) is 19.1 Å². The predicted octanol–water partition coefficient (Wildman–Crippen LogP) is 4.50. The number of aliphatic carboxylic acids is 1. The molecule has 5 heteroatoms. The molecule has 19 heavy (non-hydrogen) atoms. The van der Waals surface area contributed by atoms with Crippen LogP contribution < -0.4 is 0 Å². The van der Waals surface area contributed by atoms with Crippen LogP contribution in [-0.2, 0) is 4.79 Å². The molecule has 1 aromatic carbocycles. The lowest BCUT2D eigenvalue weighted by molar-refractivity contribution is -0.141. The summed E-state index contributed by atoms with van der Waals surface area (Å²) in [7, 11) is 0. The Balaban J connectivity index is 2.48. The van der Waals surface area contributed by atoms with Gasteiger partial charge >= 0.3 is 5.97 Å². The Kier molecular flexibility index (Phi) is 4.37. The highest BCUT2D eigenvalue weighted by atomic mass is 79.9. The normalized spacial score (nSPS) is 14.1. The molecule has 100 valence electrons. The summed E-state index contributed by atoms with van der Waals surface area (Å²) in [5.41, 5.74) is 0.684. The Morgan fingerprint density at radius 3 is 2.63 bits per heavy atom. The zero-order valence-corrected chi connectivity index (χ0v) is 12.5. The predicted molar refractivity (Wildman–Crippen MR) is 77.1 cm³/mol. The lowest BCUT2D eigenvalue weighted by Crippen LogP contribution is -2.19. The largest absolute Gasteiger partial charge is 0.481 e. The summed E-state index contributed by atoms with van der Waals surface area (Å²) in [5, 5.41) is 9.25. The monoisotopic (exact) mass is 342 g/mol. The second-order valence-corrected chi connectivity index (χ2v) is 6.80. The SMILES string of the molecule is C[C@H](C(=O)O)[C@@H](c1cccc(F)c1)c1ccc(Br)s1. The van der Waals surface area contributed by atoms with Crippen LogP contribution >= 0.6 is 27.3 Å². The van der Waals surface area contributed by atoms with Crippen LogP contribution in [0.2, 0.25) is 0 Å². The van der Waals surface area contributed by atoms with E-state index in [-0.39, 0.29) is 11.7 Å². The molecule has 0 bridgehead atoms. The van der Waals surface area contributed by atoms with Gasteiger partial charge in [-0.05, 0) is 45.8 Å². The molecule has 1 N–H and O–H groups in total. The number of carboxylic acids is 1. The smallest absolute Gasteiger partial charge is 0.307 e. The summed E-state index contributed by atoms with van der Waals surface area (Å²) in [5.74, 6) is -2.20. The molecule has 0 aliphatic rings. The van der Waals surface area contributed by atoms with E-state index >= 15 is 0 Å². The molecule has 0 radical (unpaired) electrons. The lowest BCUT2D eigenvalue weighted by Gasteiger charge is -2.20. The van der Waals surface area contributed by atoms with Crippen molar-refractivity contribution in [2.75, 3.05) is 0 Å². The average molecular weight is 343 g/mol. The first-order chi connectivity index (χ1) is 8.99. The van der Waals surface area contributed by atoms with Gasteiger partial charge in [-0.1, -0.05) is 19.1 Å². The lowest BCUT2D eigenvalue weighted by atomic mass is 9.86. The molecule has 0 unspecified atom stereocenters. The molecule has 0 aliphatic heterocycles. The van der Waals surface area contributed by atoms with E-state index < -0.39 is 11.9 Å². The van der Waals surface area contributed by atoms with Gasteiger partial charge in [-0.25, -0.2) is 4.39 Å². The van der Waals surface area contributed by atoms with E-state index in [0.717, 1.165) is 8.66 Å². The highest BCUT2D eigenvalue weighted by Gasteiger charge is 2.28. The van der Waals surface area contributed by atoms with Gasteiger partial charge in [0, 0.05) is 10.8 Å². The third-order valence-electron chi connectivity index (χ3n) is 3.00. The fourth-order valence-corrected chi connectivity index (χ4v) is 3.69. The standard InChI is InChI=1S/C14H12BrFO2S/c1-8(14(17)18)13(11-5-6-12(15)19-11)9-3-2-4-10(16)7-9/h2-8,13H,1H3,(H,17,18)/t8-,13-/m0/s1. The van der Waals surface area contributed by atoms with Crippen molar-refractivity contribution in [3.63, 3.8) is 0 Å². The van der Waals surface area contributed by atoms with Crippen LogP contribution in [0.1, 0.15) is 23.3 Å². The van der Waals surface area contributed by atoms with E-state index in [1.165, 1.54) is 23.5 Å². The topological polar surface area (TPSA) is 37.3 Å². The van der Waals surface area contributed by atoms with Gasteiger partial charge in [-0.2, -0.15) is 0 Å². The first-order valence-electron chi connectivity index (χ1n) is 5.72. The first-order valence-corrected chi connectivity index (χ1v) is 7.33. The van der Waals surface area contributed by atoms with Gasteiger partial charge < -0.3 is 5.11 Å². The van der Waals surface area contributed by atoms with Crippen LogP contribution in [0.15, 0.2) is 40.2 Å². The van der Waals surface area contributed by atoms with Crippen LogP contribution in [-0.4, -0.2) is 11.1 Å². The van der Waals surface area contributed by atoms with Crippen molar-refractivity contribution in [3.8, 4) is 0 Å². The number of carbonyl (C=O) groups is 1. The summed E-state index contributed by atoms with van der Waals surface area (Å²) in [6.07, 6.45) is 0. The van der Waals surface area contributed by atoms with Crippen molar-refractivity contribution < 1.29 is 14.3 Å². The molecular weight excluding hydrogens is 331 g/mol. The Morgan fingerprint density at radius 1 is 1.37 bits per heavy atom. The molecule has 0 saturated heterocycles. The average Bonchev–Trinajstić information content (AvgIpc) is 2.76. The maximum atomic E-state index is 13.4. The summed E-state index contributed by atoms with van der Waals surface area (Å²) in [4.78, 5) is 12.2. The molecule has 0 aliphatic carbocycles. The van der Waals surface area contributed by atoms with E-state index in [0.29, 0.717) is 5.56 Å². The van der Waals surface area contributed by atoms with Crippen molar-refractivity contribution >= 4 is 33.2 Å². The fourth-order valence-electron chi connectivity index (χ4n) is 2.04. The maximum Gasteiger partial charge on any atom is 0.307 e. The highest BCUT2D eigenvalue weighted by Crippen LogP contribution is 2.38. The van der Waals surface area contributed by atoms with Crippen LogP contribution in [0.3, 0.4) is 0 Å². The van der Waals surface area contributed by atoms with Gasteiger partial charge in [0.1, 0.15) is 5.82 Å². The number of benzene rings is 1. The summed E-state index contributed by atoms with van der Waals surface area (Å²) >= 11 is 4.84. The van der Waals surface area contributed by atoms with Crippen molar-refractivity contribution in [1.82, 2.24) is 0 Å². The molecule has 1 heterocycles. The molecule has 0 saturated carbocycles. The highest BCUT2D eigenvalue weighted by molar-refractivity contribution is 9.11. The van der Waals surface area contributed by atoms with Gasteiger partial charge in [-0.3, -0.25) is 4.79 Å². The van der Waals surface area contributed by atoms with E-state index in [4.69, 9.17) is 0 Å². The molecule has 2 rings (SSSR count). The second kappa shape index (κ2) is 5.84. The van der Waals surface area contributed by atoms with Gasteiger partial charge in [0.15, 0.2) is 0 Å². The number of rotatable bonds is 4. The summed E-state index contributed by atoms with van der Waals surface area (Å²) < 4.78 is 14.3. The molecule has 2 nitrogen and oxygen atoms in total. The van der Waals surface area contributed by atoms with E-state index in [1.807, 2.05) is 12.1 Å². The number of carboxylic acid groups (broad SMARTS) is 1. The van der Waals surface area contributed by atoms with E-state index in [9.17, 15) is 14.3 Å². The van der Waals surface area contributed by atoms with E-state index in [2.05, 4.69) is 15.9 Å². The van der Waals surface area contributed by atoms with Crippen molar-refractivity contribution in [1.29, 1.82) is 0 Å². The molecular formula is C14H12BrFO2S. The van der Waals surface area contributed by atoms with Gasteiger partial charge in [-0.15, -0.1) is 11.3 Å². The van der Waals surface area contributed by atoms with Gasteiger partial charge in [0.25, 0.3) is 0 Å². The third kappa shape index (κ3) is 3.22. The first kappa shape index (κ1) is 14.2. The van der Waals surface area contributed by atoms with Crippen LogP contribution in [0.5, 0.6) is 0 Å². The zero-order valence-electron chi connectivity index (χ0n) is 10.1. The Morgan fingerprint density at radius 2 is 2.11 bits per heavy atom. The minimum absolute atomic E-state index is 0.343. The fraction of sp³-hybridized carbons (Fsp3) is 0.214. The molecule has 2 aromatic rings. The molecule has 0 amide bonds. The summed E-state index contributed by atoms with van der Waals surface area (Å²) in [6, 6.07) is 9.88. The van der Waals surface area contributed by atoms with Gasteiger partial charge in [0.05, 0.1) is 9.70 Å². The number of thiophene rings is 1. The molecule has 0 fully saturated rings. The number of hydrogen-bond donors (Lipinski definition) is 1. The van der Waals surface area contributed by atoms with Crippen molar-refractivity contribution in [2.45, 2.75) is 12.8 Å². The summed E-state index contributed by atoms with van der Waals surface area (Å²) in [6.45, 7) is 1.64. The number of hydrogen-bond acceptors (Lipinski definition) is 2. The number of halogens is 2. The molecule has 1 aromatic heterocycles. The van der Waals surface area contributed by atoms with Crippen LogP contribution in [0.25, 0.3) is 0 Å². The van der Waals surface area contributed by atoms with Crippen molar-refractivity contribution in [3.05, 3.63) is 56.4 Å². The van der Waals surface area contributed by atoms with Crippen LogP contribution in [0.4, 0.5) is 4.39 Å². The second-order valence-electron chi connectivity index (χ2n) is 4.30. The van der Waals surface area contributed by atoms with Crippen molar-refractivity contribution in [2.24, 2.45) is 5.92 Å². The minimum Gasteiger partial charge on any atom is -0.481 e.